The molecule has 1 heterocycles. The van der Waals surface area contributed by atoms with Crippen molar-refractivity contribution in [1.82, 2.24) is 4.98 Å². The van der Waals surface area contributed by atoms with Gasteiger partial charge in [-0.05, 0) is 49.2 Å². The minimum Gasteiger partial charge on any atom is -0.322 e. The summed E-state index contributed by atoms with van der Waals surface area (Å²) in [6.45, 7) is 4.07. The summed E-state index contributed by atoms with van der Waals surface area (Å²) in [5, 5.41) is 6.01. The van der Waals surface area contributed by atoms with Crippen LogP contribution in [-0.4, -0.2) is 16.8 Å². The monoisotopic (exact) mass is 575 g/mol. The second-order valence-corrected chi connectivity index (χ2v) is 11.8. The van der Waals surface area contributed by atoms with E-state index in [2.05, 4.69) is 41.8 Å². The van der Waals surface area contributed by atoms with Crippen molar-refractivity contribution in [2.75, 3.05) is 10.6 Å². The molecule has 0 aliphatic heterocycles. The maximum Gasteiger partial charge on any atom is 0.248 e. The second kappa shape index (κ2) is 13.3. The number of nitrogens with zero attached hydrogens (tertiary/aromatic N) is 1. The predicted octanol–water partition coefficient (Wildman–Crippen LogP) is 8.55. The van der Waals surface area contributed by atoms with Crippen molar-refractivity contribution in [3.8, 4) is 11.3 Å². The molecule has 5 nitrogen and oxygen atoms in total. The number of carbonyl (C=O) groups excluding carboxylic acids is 2. The number of hydrogen-bond donors (Lipinski definition) is 2. The zero-order valence-electron chi connectivity index (χ0n) is 22.7. The average molecular weight is 576 g/mol. The Morgan fingerprint density at radius 2 is 1.54 bits per heavy atom. The number of carbonyl (C=O) groups is 2. The molecule has 5 aromatic rings. The molecular formula is C34H29N3O2S2. The van der Waals surface area contributed by atoms with Gasteiger partial charge in [0, 0.05) is 27.1 Å². The minimum atomic E-state index is -0.521. The maximum absolute atomic E-state index is 13.7. The van der Waals surface area contributed by atoms with Crippen molar-refractivity contribution in [1.29, 1.82) is 0 Å². The topological polar surface area (TPSA) is 71.1 Å². The van der Waals surface area contributed by atoms with E-state index in [0.717, 1.165) is 32.2 Å². The van der Waals surface area contributed by atoms with Gasteiger partial charge in [-0.15, -0.1) is 23.1 Å². The summed E-state index contributed by atoms with van der Waals surface area (Å²) in [5.41, 5.74) is 5.57. The van der Waals surface area contributed by atoms with E-state index in [1.54, 1.807) is 6.08 Å². The Morgan fingerprint density at radius 1 is 0.829 bits per heavy atom. The number of rotatable bonds is 9. The van der Waals surface area contributed by atoms with Gasteiger partial charge < -0.3 is 10.6 Å². The SMILES string of the molecule is Cc1ccc(-c2nc(NC(=O)C(Sc3cccc(NC(=O)/C=C/c4ccccc4)c3)c3ccccc3)sc2C)cc1. The predicted molar refractivity (Wildman–Crippen MR) is 171 cm³/mol. The summed E-state index contributed by atoms with van der Waals surface area (Å²) in [5.74, 6) is -0.387. The first-order valence-corrected chi connectivity index (χ1v) is 14.9. The van der Waals surface area contributed by atoms with Crippen LogP contribution in [0, 0.1) is 13.8 Å². The zero-order chi connectivity index (χ0) is 28.6. The summed E-state index contributed by atoms with van der Waals surface area (Å²) >= 11 is 2.89. The molecule has 2 N–H and O–H groups in total. The van der Waals surface area contributed by atoms with E-state index in [-0.39, 0.29) is 11.8 Å². The third-order valence-corrected chi connectivity index (χ3v) is 8.41. The number of thiazole rings is 1. The van der Waals surface area contributed by atoms with E-state index in [1.807, 2.05) is 91.9 Å². The molecule has 1 aromatic heterocycles. The molecule has 2 amide bonds. The Kier molecular flexibility index (Phi) is 9.08. The van der Waals surface area contributed by atoms with Crippen LogP contribution in [0.15, 0.2) is 120 Å². The summed E-state index contributed by atoms with van der Waals surface area (Å²) in [6.07, 6.45) is 3.28. The van der Waals surface area contributed by atoms with Crippen molar-refractivity contribution in [2.45, 2.75) is 24.0 Å². The molecule has 0 bridgehead atoms. The number of benzene rings is 4. The van der Waals surface area contributed by atoms with E-state index < -0.39 is 5.25 Å². The van der Waals surface area contributed by atoms with Crippen LogP contribution in [0.5, 0.6) is 0 Å². The van der Waals surface area contributed by atoms with Crippen molar-refractivity contribution in [3.63, 3.8) is 0 Å². The summed E-state index contributed by atoms with van der Waals surface area (Å²) < 4.78 is 0. The number of hydrogen-bond acceptors (Lipinski definition) is 5. The third kappa shape index (κ3) is 7.60. The van der Waals surface area contributed by atoms with E-state index in [4.69, 9.17) is 4.98 Å². The molecule has 0 aliphatic carbocycles. The molecule has 0 saturated carbocycles. The molecule has 41 heavy (non-hydrogen) atoms. The van der Waals surface area contributed by atoms with Gasteiger partial charge in [-0.1, -0.05) is 96.6 Å². The van der Waals surface area contributed by atoms with E-state index in [1.165, 1.54) is 34.7 Å². The van der Waals surface area contributed by atoms with Gasteiger partial charge >= 0.3 is 0 Å². The normalized spacial score (nSPS) is 11.8. The molecule has 4 aromatic carbocycles. The number of aryl methyl sites for hydroxylation is 2. The fourth-order valence-electron chi connectivity index (χ4n) is 4.20. The van der Waals surface area contributed by atoms with Crippen molar-refractivity contribution >= 4 is 51.8 Å². The first-order valence-electron chi connectivity index (χ1n) is 13.2. The van der Waals surface area contributed by atoms with Gasteiger partial charge in [0.2, 0.25) is 11.8 Å². The molecule has 1 atom stereocenters. The van der Waals surface area contributed by atoms with Crippen molar-refractivity contribution in [3.05, 3.63) is 137 Å². The maximum atomic E-state index is 13.7. The molecule has 204 valence electrons. The molecule has 7 heteroatoms. The van der Waals surface area contributed by atoms with Gasteiger partial charge in [-0.3, -0.25) is 9.59 Å². The molecule has 0 radical (unpaired) electrons. The van der Waals surface area contributed by atoms with Crippen molar-refractivity contribution < 1.29 is 9.59 Å². The Balaban J connectivity index is 1.32. The third-order valence-electron chi connectivity index (χ3n) is 6.27. The van der Waals surface area contributed by atoms with E-state index in [9.17, 15) is 9.59 Å². The summed E-state index contributed by atoms with van der Waals surface area (Å²) in [4.78, 5) is 32.8. The lowest BCUT2D eigenvalue weighted by Crippen LogP contribution is -2.19. The summed E-state index contributed by atoms with van der Waals surface area (Å²) in [6, 6.07) is 35.1. The van der Waals surface area contributed by atoms with Crippen LogP contribution in [0.2, 0.25) is 0 Å². The lowest BCUT2D eigenvalue weighted by atomic mass is 10.1. The van der Waals surface area contributed by atoms with E-state index in [0.29, 0.717) is 10.8 Å². The molecule has 0 aliphatic rings. The van der Waals surface area contributed by atoms with Crippen LogP contribution in [0.1, 0.15) is 26.8 Å². The van der Waals surface area contributed by atoms with Gasteiger partial charge in [0.05, 0.1) is 5.69 Å². The average Bonchev–Trinajstić information content (AvgIpc) is 3.35. The van der Waals surface area contributed by atoms with Gasteiger partial charge in [-0.2, -0.15) is 0 Å². The van der Waals surface area contributed by atoms with Crippen LogP contribution < -0.4 is 10.6 Å². The van der Waals surface area contributed by atoms with Crippen LogP contribution in [0.3, 0.4) is 0 Å². The molecular weight excluding hydrogens is 547 g/mol. The first-order chi connectivity index (χ1) is 19.9. The quantitative estimate of drug-likeness (QED) is 0.136. The summed E-state index contributed by atoms with van der Waals surface area (Å²) in [7, 11) is 0. The highest BCUT2D eigenvalue weighted by atomic mass is 32.2. The van der Waals surface area contributed by atoms with Crippen LogP contribution >= 0.6 is 23.1 Å². The highest BCUT2D eigenvalue weighted by Crippen LogP contribution is 2.38. The van der Waals surface area contributed by atoms with Gasteiger partial charge in [-0.25, -0.2) is 4.98 Å². The number of nitrogens with one attached hydrogen (secondary N) is 2. The lowest BCUT2D eigenvalue weighted by molar-refractivity contribution is -0.116. The zero-order valence-corrected chi connectivity index (χ0v) is 24.3. The fourth-order valence-corrected chi connectivity index (χ4v) is 6.13. The molecule has 5 rings (SSSR count). The van der Waals surface area contributed by atoms with Gasteiger partial charge in [0.15, 0.2) is 5.13 Å². The second-order valence-electron chi connectivity index (χ2n) is 9.45. The Morgan fingerprint density at radius 3 is 2.27 bits per heavy atom. The Hall–Kier alpha value is -4.46. The van der Waals surface area contributed by atoms with Crippen LogP contribution in [0.4, 0.5) is 10.8 Å². The van der Waals surface area contributed by atoms with Crippen LogP contribution in [0.25, 0.3) is 17.3 Å². The molecule has 0 fully saturated rings. The smallest absolute Gasteiger partial charge is 0.248 e. The lowest BCUT2D eigenvalue weighted by Gasteiger charge is -2.17. The Bertz CT molecular complexity index is 1660. The molecule has 1 unspecified atom stereocenters. The molecule has 0 spiro atoms. The largest absolute Gasteiger partial charge is 0.322 e. The van der Waals surface area contributed by atoms with Crippen LogP contribution in [-0.2, 0) is 9.59 Å². The molecule has 0 saturated heterocycles. The number of amides is 2. The standard InChI is InChI=1S/C34H29N3O2S2/c1-23-16-19-26(20-17-23)31-24(2)40-34(36-31)37-33(39)32(27-12-7-4-8-13-27)41-29-15-9-14-28(22-29)35-30(38)21-18-25-10-5-3-6-11-25/h3-22,32H,1-2H3,(H,35,38)(H,36,37,39)/b21-18+. The number of aromatic nitrogens is 1. The Labute approximate surface area is 248 Å². The fraction of sp³-hybridized carbons (Fsp3) is 0.0882. The number of thioether (sulfide) groups is 1. The van der Waals surface area contributed by atoms with Crippen molar-refractivity contribution in [2.24, 2.45) is 0 Å². The number of anilines is 2. The van der Waals surface area contributed by atoms with Gasteiger partial charge in [0.25, 0.3) is 0 Å². The first kappa shape index (κ1) is 28.1. The van der Waals surface area contributed by atoms with Gasteiger partial charge in [0.1, 0.15) is 5.25 Å². The highest BCUT2D eigenvalue weighted by Gasteiger charge is 2.24. The minimum absolute atomic E-state index is 0.161. The highest BCUT2D eigenvalue weighted by molar-refractivity contribution is 8.00. The van der Waals surface area contributed by atoms with E-state index >= 15 is 0 Å².